The molecule has 0 radical (unpaired) electrons. The van der Waals surface area contributed by atoms with Gasteiger partial charge in [0.15, 0.2) is 0 Å². The summed E-state index contributed by atoms with van der Waals surface area (Å²) in [4.78, 5) is 6.69. The van der Waals surface area contributed by atoms with Gasteiger partial charge in [-0.05, 0) is 50.4 Å². The Balaban J connectivity index is 1.99. The molecule has 0 amide bonds. The number of anilines is 1. The Bertz CT molecular complexity index is 351. The number of nitrogens with one attached hydrogen (secondary N) is 1. The summed E-state index contributed by atoms with van der Waals surface area (Å²) in [5.74, 6) is 0.788. The van der Waals surface area contributed by atoms with E-state index in [1.807, 2.05) is 12.4 Å². The Morgan fingerprint density at radius 1 is 1.53 bits per heavy atom. The highest BCUT2D eigenvalue weighted by atomic mass is 15.1. The van der Waals surface area contributed by atoms with Gasteiger partial charge in [-0.25, -0.2) is 0 Å². The summed E-state index contributed by atoms with van der Waals surface area (Å²) in [5.41, 5.74) is 2.65. The Morgan fingerprint density at radius 3 is 3.18 bits per heavy atom. The Kier molecular flexibility index (Phi) is 4.37. The van der Waals surface area contributed by atoms with Crippen molar-refractivity contribution in [1.29, 1.82) is 0 Å². The lowest BCUT2D eigenvalue weighted by molar-refractivity contribution is 0.395. The maximum Gasteiger partial charge on any atom is 0.0426 e. The first-order valence-electron chi connectivity index (χ1n) is 6.67. The second-order valence-corrected chi connectivity index (χ2v) is 4.92. The highest BCUT2D eigenvalue weighted by molar-refractivity contribution is 5.51. The fraction of sp³-hybridized carbons (Fsp3) is 0.643. The molecule has 94 valence electrons. The van der Waals surface area contributed by atoms with Crippen LogP contribution in [0.15, 0.2) is 18.5 Å². The first-order chi connectivity index (χ1) is 8.31. The number of hydrogen-bond acceptors (Lipinski definition) is 3. The molecule has 2 heterocycles. The molecule has 3 nitrogen and oxygen atoms in total. The third kappa shape index (κ3) is 3.19. The monoisotopic (exact) mass is 233 g/mol. The zero-order valence-corrected chi connectivity index (χ0v) is 10.9. The predicted octanol–water partition coefficient (Wildman–Crippen LogP) is 2.22. The molecule has 1 unspecified atom stereocenters. The average molecular weight is 233 g/mol. The van der Waals surface area contributed by atoms with Crippen LogP contribution in [0.25, 0.3) is 0 Å². The standard InChI is InChI=1S/C14H23N3/c1-3-15-10-13-5-4-8-17(11-13)14-6-7-16-9-12(14)2/h6-7,9,13,15H,3-5,8,10-11H2,1-2H3. The molecule has 1 atom stereocenters. The molecule has 17 heavy (non-hydrogen) atoms. The van der Waals surface area contributed by atoms with Crippen LogP contribution in [0.5, 0.6) is 0 Å². The fourth-order valence-electron chi connectivity index (χ4n) is 2.62. The predicted molar refractivity (Wildman–Crippen MR) is 72.5 cm³/mol. The molecule has 0 aliphatic carbocycles. The van der Waals surface area contributed by atoms with Crippen LogP contribution in [0.3, 0.4) is 0 Å². The zero-order valence-electron chi connectivity index (χ0n) is 10.9. The van der Waals surface area contributed by atoms with Crippen LogP contribution >= 0.6 is 0 Å². The molecule has 1 aliphatic heterocycles. The lowest BCUT2D eigenvalue weighted by Crippen LogP contribution is -2.40. The number of aromatic nitrogens is 1. The average Bonchev–Trinajstić information content (AvgIpc) is 2.37. The third-order valence-electron chi connectivity index (χ3n) is 3.53. The van der Waals surface area contributed by atoms with Gasteiger partial charge >= 0.3 is 0 Å². The number of pyridine rings is 1. The van der Waals surface area contributed by atoms with Gasteiger partial charge in [-0.1, -0.05) is 6.92 Å². The minimum Gasteiger partial charge on any atom is -0.371 e. The number of hydrogen-bond donors (Lipinski definition) is 1. The quantitative estimate of drug-likeness (QED) is 0.864. The summed E-state index contributed by atoms with van der Waals surface area (Å²) in [6.07, 6.45) is 6.52. The topological polar surface area (TPSA) is 28.2 Å². The Morgan fingerprint density at radius 2 is 2.41 bits per heavy atom. The third-order valence-corrected chi connectivity index (χ3v) is 3.53. The highest BCUT2D eigenvalue weighted by Gasteiger charge is 2.20. The number of aryl methyl sites for hydroxylation is 1. The van der Waals surface area contributed by atoms with E-state index in [0.29, 0.717) is 0 Å². The van der Waals surface area contributed by atoms with Crippen LogP contribution in [-0.4, -0.2) is 31.2 Å². The molecule has 1 saturated heterocycles. The van der Waals surface area contributed by atoms with Crippen molar-refractivity contribution < 1.29 is 0 Å². The highest BCUT2D eigenvalue weighted by Crippen LogP contribution is 2.24. The van der Waals surface area contributed by atoms with Crippen LogP contribution in [0.4, 0.5) is 5.69 Å². The molecule has 1 aromatic rings. The van der Waals surface area contributed by atoms with Crippen molar-refractivity contribution in [2.75, 3.05) is 31.1 Å². The number of rotatable bonds is 4. The van der Waals surface area contributed by atoms with E-state index >= 15 is 0 Å². The molecular formula is C14H23N3. The van der Waals surface area contributed by atoms with Crippen molar-refractivity contribution in [3.8, 4) is 0 Å². The normalized spacial score (nSPS) is 20.6. The minimum atomic E-state index is 0.788. The summed E-state index contributed by atoms with van der Waals surface area (Å²) in [6.45, 7) is 8.91. The molecule has 0 saturated carbocycles. The largest absolute Gasteiger partial charge is 0.371 e. The molecule has 1 aromatic heterocycles. The van der Waals surface area contributed by atoms with Gasteiger partial charge in [-0.15, -0.1) is 0 Å². The first kappa shape index (κ1) is 12.4. The smallest absolute Gasteiger partial charge is 0.0426 e. The number of piperidine rings is 1. The van der Waals surface area contributed by atoms with Gasteiger partial charge in [0.25, 0.3) is 0 Å². The zero-order chi connectivity index (χ0) is 12.1. The molecule has 0 aromatic carbocycles. The summed E-state index contributed by atoms with van der Waals surface area (Å²) >= 11 is 0. The van der Waals surface area contributed by atoms with Gasteiger partial charge < -0.3 is 10.2 Å². The van der Waals surface area contributed by atoms with E-state index in [1.54, 1.807) is 0 Å². The van der Waals surface area contributed by atoms with E-state index in [0.717, 1.165) is 19.0 Å². The van der Waals surface area contributed by atoms with Crippen molar-refractivity contribution in [1.82, 2.24) is 10.3 Å². The molecule has 1 N–H and O–H groups in total. The van der Waals surface area contributed by atoms with Crippen molar-refractivity contribution in [2.24, 2.45) is 5.92 Å². The summed E-state index contributed by atoms with van der Waals surface area (Å²) in [7, 11) is 0. The van der Waals surface area contributed by atoms with Crippen LogP contribution in [-0.2, 0) is 0 Å². The van der Waals surface area contributed by atoms with Crippen molar-refractivity contribution >= 4 is 5.69 Å². The molecule has 1 aliphatic rings. The van der Waals surface area contributed by atoms with E-state index in [-0.39, 0.29) is 0 Å². The van der Waals surface area contributed by atoms with E-state index in [1.165, 1.54) is 37.2 Å². The SMILES string of the molecule is CCNCC1CCCN(c2ccncc2C)C1. The van der Waals surface area contributed by atoms with E-state index < -0.39 is 0 Å². The lowest BCUT2D eigenvalue weighted by Gasteiger charge is -2.35. The van der Waals surface area contributed by atoms with Gasteiger partial charge in [0.05, 0.1) is 0 Å². The maximum absolute atomic E-state index is 4.17. The van der Waals surface area contributed by atoms with Crippen molar-refractivity contribution in [3.63, 3.8) is 0 Å². The molecule has 3 heteroatoms. The Hall–Kier alpha value is -1.09. The summed E-state index contributed by atoms with van der Waals surface area (Å²) in [5, 5.41) is 3.47. The first-order valence-corrected chi connectivity index (χ1v) is 6.67. The van der Waals surface area contributed by atoms with Gasteiger partial charge in [0.1, 0.15) is 0 Å². The van der Waals surface area contributed by atoms with Gasteiger partial charge in [0.2, 0.25) is 0 Å². The second-order valence-electron chi connectivity index (χ2n) is 4.92. The van der Waals surface area contributed by atoms with Crippen LogP contribution in [0.2, 0.25) is 0 Å². The molecular weight excluding hydrogens is 210 g/mol. The summed E-state index contributed by atoms with van der Waals surface area (Å²) < 4.78 is 0. The van der Waals surface area contributed by atoms with Crippen LogP contribution in [0.1, 0.15) is 25.3 Å². The van der Waals surface area contributed by atoms with E-state index in [4.69, 9.17) is 0 Å². The minimum absolute atomic E-state index is 0.788. The van der Waals surface area contributed by atoms with Gasteiger partial charge in [-0.2, -0.15) is 0 Å². The second kappa shape index (κ2) is 6.01. The molecule has 0 bridgehead atoms. The fourth-order valence-corrected chi connectivity index (χ4v) is 2.62. The van der Waals surface area contributed by atoms with E-state index in [2.05, 4.69) is 35.1 Å². The molecule has 2 rings (SSSR count). The van der Waals surface area contributed by atoms with Crippen LogP contribution < -0.4 is 10.2 Å². The maximum atomic E-state index is 4.17. The van der Waals surface area contributed by atoms with Crippen molar-refractivity contribution in [2.45, 2.75) is 26.7 Å². The molecule has 0 spiro atoms. The van der Waals surface area contributed by atoms with E-state index in [9.17, 15) is 0 Å². The summed E-state index contributed by atoms with van der Waals surface area (Å²) in [6, 6.07) is 2.14. The van der Waals surface area contributed by atoms with Gasteiger partial charge in [-0.3, -0.25) is 4.98 Å². The van der Waals surface area contributed by atoms with Crippen molar-refractivity contribution in [3.05, 3.63) is 24.0 Å². The number of nitrogens with zero attached hydrogens (tertiary/aromatic N) is 2. The van der Waals surface area contributed by atoms with Gasteiger partial charge in [0, 0.05) is 31.2 Å². The molecule has 1 fully saturated rings. The Labute approximate surface area is 104 Å². The lowest BCUT2D eigenvalue weighted by atomic mass is 9.97. The van der Waals surface area contributed by atoms with Crippen LogP contribution in [0, 0.1) is 12.8 Å².